The Morgan fingerprint density at radius 2 is 0.520 bits per heavy atom. The second-order valence-corrected chi connectivity index (χ2v) is 21.3. The van der Waals surface area contributed by atoms with Gasteiger partial charge in [-0.2, -0.15) is 0 Å². The van der Waals surface area contributed by atoms with Gasteiger partial charge in [0.25, 0.3) is 0 Å². The molecule has 6 heteroatoms. The Hall–Kier alpha value is -3.41. The van der Waals surface area contributed by atoms with Gasteiger partial charge in [-0.1, -0.05) is 286 Å². The average molecular weight is 1050 g/mol. The number of rotatable bonds is 58. The quantitative estimate of drug-likeness (QED) is 0.0261. The van der Waals surface area contributed by atoms with Crippen molar-refractivity contribution in [2.75, 3.05) is 13.2 Å². The fraction of sp³-hybridized carbons (Fsp3) is 0.754. The summed E-state index contributed by atoms with van der Waals surface area (Å²) in [4.78, 5) is 37.9. The van der Waals surface area contributed by atoms with E-state index in [0.717, 1.165) is 109 Å². The van der Waals surface area contributed by atoms with Crippen LogP contribution in [0.15, 0.2) is 85.1 Å². The lowest BCUT2D eigenvalue weighted by atomic mass is 10.0. The minimum atomic E-state index is -0.774. The van der Waals surface area contributed by atoms with Gasteiger partial charge in [-0.15, -0.1) is 0 Å². The van der Waals surface area contributed by atoms with Crippen molar-refractivity contribution < 1.29 is 28.6 Å². The molecule has 0 bridgehead atoms. The van der Waals surface area contributed by atoms with Gasteiger partial charge in [0.2, 0.25) is 0 Å². The van der Waals surface area contributed by atoms with Gasteiger partial charge >= 0.3 is 17.9 Å². The Kier molecular flexibility index (Phi) is 60.3. The van der Waals surface area contributed by atoms with Gasteiger partial charge in [-0.3, -0.25) is 14.4 Å². The molecule has 0 aliphatic carbocycles. The number of ether oxygens (including phenoxy) is 3. The van der Waals surface area contributed by atoms with Crippen LogP contribution in [-0.2, 0) is 28.6 Å². The van der Waals surface area contributed by atoms with Crippen LogP contribution in [-0.4, -0.2) is 37.2 Å². The standard InChI is InChI=1S/C69H120O6/c1-4-7-10-13-15-17-19-21-23-25-26-27-28-29-30-31-32-33-34-35-36-37-38-39-40-41-42-44-45-47-49-51-53-56-59-62-68(71)74-65-66(64-73-67(70)61-58-55-12-9-6-3)75-69(72)63-60-57-54-52-50-48-46-43-24-22-20-18-16-14-11-8-5-2/h7,10,15-18,21-24,26-27,29-30,66H,4-6,8-9,11-14,19-20,25,28,31-65H2,1-3H3/b10-7-,17-15-,18-16-,23-21-,24-22-,27-26-,30-29-. The third-order valence-corrected chi connectivity index (χ3v) is 13.9. The lowest BCUT2D eigenvalue weighted by Gasteiger charge is -2.18. The minimum Gasteiger partial charge on any atom is -0.462 e. The van der Waals surface area contributed by atoms with Crippen molar-refractivity contribution in [1.82, 2.24) is 0 Å². The number of hydrogen-bond acceptors (Lipinski definition) is 6. The van der Waals surface area contributed by atoms with Crippen LogP contribution < -0.4 is 0 Å². The van der Waals surface area contributed by atoms with E-state index in [1.807, 2.05) is 0 Å². The third-order valence-electron chi connectivity index (χ3n) is 13.9. The normalized spacial score (nSPS) is 12.6. The number of unbranched alkanes of at least 4 members (excludes halogenated alkanes) is 33. The van der Waals surface area contributed by atoms with Crippen LogP contribution in [0.25, 0.3) is 0 Å². The SMILES string of the molecule is CC/C=C\C/C=C\C/C=C\C/C=C\C/C=C\CCCCCCCCCCCCCCCCCCCCCC(=O)OCC(COC(=O)CCCCCCC)OC(=O)CCCCCCCCC/C=C\C/C=C\CCCCC. The molecular formula is C69H120O6. The number of esters is 3. The summed E-state index contributed by atoms with van der Waals surface area (Å²) >= 11 is 0. The van der Waals surface area contributed by atoms with E-state index in [0.29, 0.717) is 19.3 Å². The highest BCUT2D eigenvalue weighted by molar-refractivity contribution is 5.71. The Labute approximate surface area is 465 Å². The Morgan fingerprint density at radius 3 is 0.840 bits per heavy atom. The Morgan fingerprint density at radius 1 is 0.280 bits per heavy atom. The molecule has 0 rings (SSSR count). The van der Waals surface area contributed by atoms with Crippen molar-refractivity contribution in [3.8, 4) is 0 Å². The second kappa shape index (κ2) is 63.1. The Balaban J connectivity index is 3.92. The van der Waals surface area contributed by atoms with Crippen molar-refractivity contribution in [2.24, 2.45) is 0 Å². The zero-order valence-corrected chi connectivity index (χ0v) is 49.6. The maximum atomic E-state index is 12.8. The molecule has 0 aromatic carbocycles. The number of carbonyl (C=O) groups is 3. The van der Waals surface area contributed by atoms with E-state index in [4.69, 9.17) is 14.2 Å². The van der Waals surface area contributed by atoms with Gasteiger partial charge in [0.05, 0.1) is 0 Å². The summed E-state index contributed by atoms with van der Waals surface area (Å²) in [6.45, 7) is 6.44. The molecule has 75 heavy (non-hydrogen) atoms. The predicted octanol–water partition coefficient (Wildman–Crippen LogP) is 21.9. The molecule has 0 amide bonds. The first-order valence-corrected chi connectivity index (χ1v) is 32.1. The molecule has 0 N–H and O–H groups in total. The summed E-state index contributed by atoms with van der Waals surface area (Å²) in [6, 6.07) is 0. The largest absolute Gasteiger partial charge is 0.462 e. The van der Waals surface area contributed by atoms with Crippen molar-refractivity contribution in [2.45, 2.75) is 322 Å². The minimum absolute atomic E-state index is 0.0758. The van der Waals surface area contributed by atoms with Gasteiger partial charge in [-0.25, -0.2) is 0 Å². The molecule has 0 aromatic heterocycles. The average Bonchev–Trinajstić information content (AvgIpc) is 3.41. The molecule has 0 fully saturated rings. The van der Waals surface area contributed by atoms with E-state index >= 15 is 0 Å². The first kappa shape index (κ1) is 71.6. The first-order chi connectivity index (χ1) is 37.0. The molecule has 0 spiro atoms. The van der Waals surface area contributed by atoms with Crippen molar-refractivity contribution in [3.63, 3.8) is 0 Å². The molecule has 1 atom stereocenters. The maximum Gasteiger partial charge on any atom is 0.306 e. The van der Waals surface area contributed by atoms with E-state index in [1.54, 1.807) is 0 Å². The van der Waals surface area contributed by atoms with Crippen LogP contribution in [0.2, 0.25) is 0 Å². The molecule has 0 heterocycles. The van der Waals surface area contributed by atoms with E-state index in [2.05, 4.69) is 106 Å². The highest BCUT2D eigenvalue weighted by atomic mass is 16.6. The molecule has 1 unspecified atom stereocenters. The van der Waals surface area contributed by atoms with E-state index in [1.165, 1.54) is 167 Å². The number of allylic oxidation sites excluding steroid dienone is 14. The molecule has 0 saturated carbocycles. The molecule has 0 aromatic rings. The van der Waals surface area contributed by atoms with Crippen LogP contribution in [0, 0.1) is 0 Å². The first-order valence-electron chi connectivity index (χ1n) is 32.1. The topological polar surface area (TPSA) is 78.9 Å². The molecule has 0 saturated heterocycles. The maximum absolute atomic E-state index is 12.8. The molecule has 0 radical (unpaired) electrons. The predicted molar refractivity (Wildman–Crippen MR) is 325 cm³/mol. The van der Waals surface area contributed by atoms with Crippen molar-refractivity contribution in [1.29, 1.82) is 0 Å². The lowest BCUT2D eigenvalue weighted by Crippen LogP contribution is -2.30. The van der Waals surface area contributed by atoms with Crippen molar-refractivity contribution in [3.05, 3.63) is 85.1 Å². The highest BCUT2D eigenvalue weighted by Crippen LogP contribution is 2.17. The Bertz CT molecular complexity index is 1430. The molecule has 0 aliphatic rings. The number of carbonyl (C=O) groups excluding carboxylic acids is 3. The molecule has 0 aliphatic heterocycles. The van der Waals surface area contributed by atoms with E-state index < -0.39 is 6.10 Å². The summed E-state index contributed by atoms with van der Waals surface area (Å²) in [5.41, 5.74) is 0. The monoisotopic (exact) mass is 1040 g/mol. The van der Waals surface area contributed by atoms with Gasteiger partial charge < -0.3 is 14.2 Å². The number of hydrogen-bond donors (Lipinski definition) is 0. The van der Waals surface area contributed by atoms with E-state index in [-0.39, 0.29) is 31.1 Å². The van der Waals surface area contributed by atoms with Crippen LogP contribution >= 0.6 is 0 Å². The smallest absolute Gasteiger partial charge is 0.306 e. The van der Waals surface area contributed by atoms with Crippen LogP contribution in [0.4, 0.5) is 0 Å². The van der Waals surface area contributed by atoms with Crippen LogP contribution in [0.3, 0.4) is 0 Å². The summed E-state index contributed by atoms with van der Waals surface area (Å²) in [5.74, 6) is -0.886. The zero-order chi connectivity index (χ0) is 54.3. The summed E-state index contributed by atoms with van der Waals surface area (Å²) < 4.78 is 16.7. The third kappa shape index (κ3) is 61.3. The molecular weight excluding hydrogens is 925 g/mol. The summed E-state index contributed by atoms with van der Waals surface area (Å²) in [6.07, 6.45) is 83.7. The molecule has 432 valence electrons. The van der Waals surface area contributed by atoms with Gasteiger partial charge in [-0.05, 0) is 96.3 Å². The lowest BCUT2D eigenvalue weighted by molar-refractivity contribution is -0.167. The van der Waals surface area contributed by atoms with E-state index in [9.17, 15) is 14.4 Å². The fourth-order valence-electron chi connectivity index (χ4n) is 9.09. The second-order valence-electron chi connectivity index (χ2n) is 21.3. The summed E-state index contributed by atoms with van der Waals surface area (Å²) in [5, 5.41) is 0. The zero-order valence-electron chi connectivity index (χ0n) is 49.6. The van der Waals surface area contributed by atoms with Gasteiger partial charge in [0.15, 0.2) is 6.10 Å². The molecule has 6 nitrogen and oxygen atoms in total. The fourth-order valence-corrected chi connectivity index (χ4v) is 9.09. The van der Waals surface area contributed by atoms with Crippen LogP contribution in [0.5, 0.6) is 0 Å². The van der Waals surface area contributed by atoms with Crippen LogP contribution in [0.1, 0.15) is 316 Å². The van der Waals surface area contributed by atoms with Gasteiger partial charge in [0, 0.05) is 19.3 Å². The highest BCUT2D eigenvalue weighted by Gasteiger charge is 2.19. The van der Waals surface area contributed by atoms with Crippen molar-refractivity contribution >= 4 is 17.9 Å². The van der Waals surface area contributed by atoms with Gasteiger partial charge in [0.1, 0.15) is 13.2 Å². The summed E-state index contributed by atoms with van der Waals surface area (Å²) in [7, 11) is 0.